The molecule has 1 unspecified atom stereocenters. The number of hydrogen-bond acceptors (Lipinski definition) is 4. The van der Waals surface area contributed by atoms with Crippen LogP contribution in [0.4, 0.5) is 15.8 Å². The number of halogens is 1. The number of fused-ring (bicyclic) bond motifs is 3. The van der Waals surface area contributed by atoms with E-state index in [1.54, 1.807) is 12.1 Å². The first-order valence-electron chi connectivity index (χ1n) is 9.99. The van der Waals surface area contributed by atoms with Crippen molar-refractivity contribution in [3.8, 4) is 5.75 Å². The summed E-state index contributed by atoms with van der Waals surface area (Å²) in [6, 6.07) is 12.9. The Morgan fingerprint density at radius 1 is 1.18 bits per heavy atom. The lowest BCUT2D eigenvalue weighted by molar-refractivity contribution is -0.115. The maximum absolute atomic E-state index is 12.9. The molecule has 1 amide bonds. The zero-order valence-corrected chi connectivity index (χ0v) is 15.7. The lowest BCUT2D eigenvalue weighted by atomic mass is 9.89. The quantitative estimate of drug-likeness (QED) is 0.808. The molecule has 3 heterocycles. The highest BCUT2D eigenvalue weighted by atomic mass is 19.1. The SMILES string of the molecule is O=C1CN2c3c(cccc3C3CN(CCCOc4ccc(F)cc4)CC[C@H]32)N1. The highest BCUT2D eigenvalue weighted by molar-refractivity contribution is 6.03. The third kappa shape index (κ3) is 3.11. The molecule has 0 aromatic heterocycles. The van der Waals surface area contributed by atoms with Crippen LogP contribution in [0, 0.1) is 5.82 Å². The van der Waals surface area contributed by atoms with Crippen LogP contribution in [0.25, 0.3) is 0 Å². The minimum absolute atomic E-state index is 0.0886. The number of carbonyl (C=O) groups excluding carboxylic acids is 1. The van der Waals surface area contributed by atoms with Crippen LogP contribution in [0.5, 0.6) is 5.75 Å². The monoisotopic (exact) mass is 381 g/mol. The van der Waals surface area contributed by atoms with Crippen molar-refractivity contribution in [2.75, 3.05) is 43.0 Å². The molecule has 6 heteroatoms. The smallest absolute Gasteiger partial charge is 0.243 e. The number of piperidine rings is 1. The third-order valence-corrected chi connectivity index (χ3v) is 6.10. The number of para-hydroxylation sites is 1. The molecule has 146 valence electrons. The molecule has 5 rings (SSSR count). The number of likely N-dealkylation sites (tertiary alicyclic amines) is 1. The molecule has 2 atom stereocenters. The van der Waals surface area contributed by atoms with Gasteiger partial charge in [-0.1, -0.05) is 12.1 Å². The molecule has 3 aliphatic rings. The van der Waals surface area contributed by atoms with Crippen molar-refractivity contribution < 1.29 is 13.9 Å². The first-order valence-corrected chi connectivity index (χ1v) is 9.99. The minimum Gasteiger partial charge on any atom is -0.494 e. The molecule has 0 radical (unpaired) electrons. The minimum atomic E-state index is -0.245. The summed E-state index contributed by atoms with van der Waals surface area (Å²) in [5, 5.41) is 3.02. The molecule has 1 fully saturated rings. The molecule has 5 nitrogen and oxygen atoms in total. The normalized spacial score (nSPS) is 23.2. The molecule has 0 saturated carbocycles. The average molecular weight is 381 g/mol. The second kappa shape index (κ2) is 7.09. The van der Waals surface area contributed by atoms with E-state index in [4.69, 9.17) is 4.74 Å². The zero-order chi connectivity index (χ0) is 19.1. The number of nitrogens with one attached hydrogen (secondary N) is 1. The van der Waals surface area contributed by atoms with Crippen LogP contribution in [0.1, 0.15) is 24.3 Å². The van der Waals surface area contributed by atoms with Crippen LogP contribution in [0.15, 0.2) is 42.5 Å². The fourth-order valence-electron chi connectivity index (χ4n) is 4.89. The Morgan fingerprint density at radius 3 is 2.89 bits per heavy atom. The van der Waals surface area contributed by atoms with Gasteiger partial charge in [-0.25, -0.2) is 4.39 Å². The zero-order valence-electron chi connectivity index (χ0n) is 15.7. The third-order valence-electron chi connectivity index (χ3n) is 6.10. The maximum Gasteiger partial charge on any atom is 0.243 e. The van der Waals surface area contributed by atoms with E-state index in [0.29, 0.717) is 30.9 Å². The van der Waals surface area contributed by atoms with E-state index in [2.05, 4.69) is 27.2 Å². The number of nitrogens with zero attached hydrogens (tertiary/aromatic N) is 2. The summed E-state index contributed by atoms with van der Waals surface area (Å²) in [5.74, 6) is 1.01. The summed E-state index contributed by atoms with van der Waals surface area (Å²) >= 11 is 0. The Kier molecular flexibility index (Phi) is 4.43. The van der Waals surface area contributed by atoms with Crippen molar-refractivity contribution in [3.63, 3.8) is 0 Å². The Hall–Kier alpha value is -2.60. The Morgan fingerprint density at radius 2 is 2.04 bits per heavy atom. The summed E-state index contributed by atoms with van der Waals surface area (Å²) in [5.41, 5.74) is 3.57. The van der Waals surface area contributed by atoms with Gasteiger partial charge in [-0.3, -0.25) is 4.79 Å². The highest BCUT2D eigenvalue weighted by Crippen LogP contribution is 2.49. The summed E-state index contributed by atoms with van der Waals surface area (Å²) < 4.78 is 18.7. The Labute approximate surface area is 164 Å². The summed E-state index contributed by atoms with van der Waals surface area (Å²) in [6.07, 6.45) is 2.01. The summed E-state index contributed by atoms with van der Waals surface area (Å²) in [7, 11) is 0. The molecule has 28 heavy (non-hydrogen) atoms. The van der Waals surface area contributed by atoms with Crippen molar-refractivity contribution in [2.24, 2.45) is 0 Å². The number of anilines is 2. The van der Waals surface area contributed by atoms with E-state index < -0.39 is 0 Å². The maximum atomic E-state index is 12.9. The van der Waals surface area contributed by atoms with Gasteiger partial charge in [0.1, 0.15) is 11.6 Å². The van der Waals surface area contributed by atoms with Crippen LogP contribution in [-0.4, -0.2) is 49.6 Å². The lowest BCUT2D eigenvalue weighted by Gasteiger charge is -2.39. The summed E-state index contributed by atoms with van der Waals surface area (Å²) in [4.78, 5) is 16.9. The molecule has 2 aromatic carbocycles. The van der Waals surface area contributed by atoms with E-state index in [1.165, 1.54) is 23.4 Å². The van der Waals surface area contributed by atoms with Crippen LogP contribution >= 0.6 is 0 Å². The Bertz CT molecular complexity index is 886. The van der Waals surface area contributed by atoms with Crippen LogP contribution < -0.4 is 15.0 Å². The molecule has 0 spiro atoms. The van der Waals surface area contributed by atoms with Crippen molar-refractivity contribution in [1.29, 1.82) is 0 Å². The van der Waals surface area contributed by atoms with Crippen molar-refractivity contribution in [1.82, 2.24) is 4.90 Å². The number of benzene rings is 2. The van der Waals surface area contributed by atoms with Crippen molar-refractivity contribution in [2.45, 2.75) is 24.8 Å². The van der Waals surface area contributed by atoms with E-state index in [1.807, 2.05) is 6.07 Å². The van der Waals surface area contributed by atoms with Gasteiger partial charge in [-0.2, -0.15) is 0 Å². The number of amides is 1. The van der Waals surface area contributed by atoms with Crippen molar-refractivity contribution in [3.05, 3.63) is 53.8 Å². The second-order valence-electron chi connectivity index (χ2n) is 7.84. The molecule has 2 aromatic rings. The molecule has 1 N–H and O–H groups in total. The van der Waals surface area contributed by atoms with Crippen LogP contribution in [0.3, 0.4) is 0 Å². The van der Waals surface area contributed by atoms with E-state index in [9.17, 15) is 9.18 Å². The van der Waals surface area contributed by atoms with Gasteiger partial charge >= 0.3 is 0 Å². The number of rotatable bonds is 5. The standard InChI is InChI=1S/C22H24FN3O2/c23-15-5-7-16(8-6-15)28-12-2-10-25-11-9-20-18(13-25)17-3-1-4-19-22(17)26(20)14-21(27)24-19/h1,3-8,18,20H,2,9-14H2,(H,24,27)/t18?,20-/m1/s1. The van der Waals surface area contributed by atoms with Gasteiger partial charge in [0.05, 0.1) is 24.5 Å². The fourth-order valence-corrected chi connectivity index (χ4v) is 4.89. The van der Waals surface area contributed by atoms with Gasteiger partial charge in [0.25, 0.3) is 0 Å². The lowest BCUT2D eigenvalue weighted by Crippen LogP contribution is -2.49. The number of hydrogen-bond donors (Lipinski definition) is 1. The van der Waals surface area contributed by atoms with Gasteiger partial charge in [-0.05, 0) is 48.7 Å². The van der Waals surface area contributed by atoms with E-state index >= 15 is 0 Å². The number of ether oxygens (including phenoxy) is 1. The van der Waals surface area contributed by atoms with Gasteiger partial charge < -0.3 is 19.9 Å². The van der Waals surface area contributed by atoms with Gasteiger partial charge in [-0.15, -0.1) is 0 Å². The van der Waals surface area contributed by atoms with E-state index in [0.717, 1.165) is 38.2 Å². The summed E-state index contributed by atoms with van der Waals surface area (Å²) in [6.45, 7) is 4.14. The predicted molar refractivity (Wildman–Crippen MR) is 107 cm³/mol. The van der Waals surface area contributed by atoms with Crippen molar-refractivity contribution >= 4 is 17.3 Å². The fraction of sp³-hybridized carbons (Fsp3) is 0.409. The van der Waals surface area contributed by atoms with Gasteiger partial charge in [0.15, 0.2) is 0 Å². The molecule has 1 saturated heterocycles. The van der Waals surface area contributed by atoms with Gasteiger partial charge in [0, 0.05) is 31.6 Å². The highest BCUT2D eigenvalue weighted by Gasteiger charge is 2.44. The second-order valence-corrected chi connectivity index (χ2v) is 7.84. The molecule has 0 aliphatic carbocycles. The largest absolute Gasteiger partial charge is 0.494 e. The topological polar surface area (TPSA) is 44.8 Å². The average Bonchev–Trinajstić information content (AvgIpc) is 3.01. The first kappa shape index (κ1) is 17.5. The molecular formula is C22H24FN3O2. The number of carbonyl (C=O) groups is 1. The predicted octanol–water partition coefficient (Wildman–Crippen LogP) is 3.22. The Balaban J connectivity index is 1.20. The molecule has 3 aliphatic heterocycles. The molecular weight excluding hydrogens is 357 g/mol. The van der Waals surface area contributed by atoms with Gasteiger partial charge in [0.2, 0.25) is 5.91 Å². The first-order chi connectivity index (χ1) is 13.7. The van der Waals surface area contributed by atoms with Crippen LogP contribution in [-0.2, 0) is 4.79 Å². The van der Waals surface area contributed by atoms with Crippen LogP contribution in [0.2, 0.25) is 0 Å². The van der Waals surface area contributed by atoms with E-state index in [-0.39, 0.29) is 11.7 Å². The molecule has 0 bridgehead atoms.